The molecule has 0 N–H and O–H groups in total. The number of non-ortho nitro benzene ring substituents is 1. The third kappa shape index (κ3) is 3.28. The number of benzene rings is 1. The van der Waals surface area contributed by atoms with E-state index >= 15 is 0 Å². The summed E-state index contributed by atoms with van der Waals surface area (Å²) < 4.78 is 23.6. The lowest BCUT2D eigenvalue weighted by Crippen LogP contribution is -1.99. The molecule has 106 valence electrons. The van der Waals surface area contributed by atoms with Crippen molar-refractivity contribution >= 4 is 5.69 Å². The van der Waals surface area contributed by atoms with Crippen molar-refractivity contribution in [1.82, 2.24) is 10.1 Å². The Morgan fingerprint density at radius 2 is 2.30 bits per heavy atom. The zero-order valence-electron chi connectivity index (χ0n) is 10.7. The highest BCUT2D eigenvalue weighted by atomic mass is 19.1. The lowest BCUT2D eigenvalue weighted by molar-refractivity contribution is -0.385. The molecule has 2 rings (SSSR count). The van der Waals surface area contributed by atoms with Crippen LogP contribution in [0.3, 0.4) is 0 Å². The molecule has 7 nitrogen and oxygen atoms in total. The quantitative estimate of drug-likeness (QED) is 0.597. The first kappa shape index (κ1) is 13.9. The van der Waals surface area contributed by atoms with E-state index in [9.17, 15) is 14.5 Å². The van der Waals surface area contributed by atoms with E-state index in [0.29, 0.717) is 12.2 Å². The molecule has 8 heteroatoms. The SMILES string of the molecule is CCCc1noc(COc2ccc([N+](=O)[O-])cc2F)n1. The van der Waals surface area contributed by atoms with E-state index in [-0.39, 0.29) is 23.9 Å². The van der Waals surface area contributed by atoms with E-state index in [1.165, 1.54) is 6.07 Å². The molecule has 0 fully saturated rings. The van der Waals surface area contributed by atoms with Gasteiger partial charge in [0.05, 0.1) is 11.0 Å². The Labute approximate surface area is 113 Å². The van der Waals surface area contributed by atoms with Crippen LogP contribution in [0.25, 0.3) is 0 Å². The van der Waals surface area contributed by atoms with Gasteiger partial charge in [0, 0.05) is 12.5 Å². The molecule has 0 amide bonds. The summed E-state index contributed by atoms with van der Waals surface area (Å²) >= 11 is 0. The van der Waals surface area contributed by atoms with Gasteiger partial charge < -0.3 is 9.26 Å². The first-order valence-electron chi connectivity index (χ1n) is 5.98. The molecule has 0 unspecified atom stereocenters. The van der Waals surface area contributed by atoms with Crippen LogP contribution in [0.2, 0.25) is 0 Å². The molecule has 0 aliphatic rings. The highest BCUT2D eigenvalue weighted by molar-refractivity contribution is 5.37. The van der Waals surface area contributed by atoms with Gasteiger partial charge in [0.25, 0.3) is 11.6 Å². The number of halogens is 1. The Hall–Kier alpha value is -2.51. The van der Waals surface area contributed by atoms with Crippen LogP contribution in [0.4, 0.5) is 10.1 Å². The fourth-order valence-electron chi connectivity index (χ4n) is 1.53. The monoisotopic (exact) mass is 281 g/mol. The lowest BCUT2D eigenvalue weighted by atomic mass is 10.3. The van der Waals surface area contributed by atoms with Gasteiger partial charge in [0.1, 0.15) is 0 Å². The van der Waals surface area contributed by atoms with E-state index in [1.54, 1.807) is 0 Å². The van der Waals surface area contributed by atoms with E-state index in [2.05, 4.69) is 10.1 Å². The van der Waals surface area contributed by atoms with Crippen LogP contribution in [-0.2, 0) is 13.0 Å². The molecule has 0 radical (unpaired) electrons. The fourth-order valence-corrected chi connectivity index (χ4v) is 1.53. The van der Waals surface area contributed by atoms with Gasteiger partial charge in [-0.25, -0.2) is 4.39 Å². The Bertz CT molecular complexity index is 614. The van der Waals surface area contributed by atoms with Crippen molar-refractivity contribution < 1.29 is 18.6 Å². The van der Waals surface area contributed by atoms with Crippen LogP contribution in [0.15, 0.2) is 22.7 Å². The number of rotatable bonds is 6. The maximum Gasteiger partial charge on any atom is 0.272 e. The summed E-state index contributed by atoms with van der Waals surface area (Å²) in [5, 5.41) is 14.2. The molecule has 0 bridgehead atoms. The number of ether oxygens (including phenoxy) is 1. The third-order valence-corrected chi connectivity index (χ3v) is 2.46. The minimum absolute atomic E-state index is 0.0918. The molecule has 0 saturated heterocycles. The number of hydrogen-bond acceptors (Lipinski definition) is 6. The highest BCUT2D eigenvalue weighted by Crippen LogP contribution is 2.23. The van der Waals surface area contributed by atoms with E-state index in [0.717, 1.165) is 18.6 Å². The summed E-state index contributed by atoms with van der Waals surface area (Å²) in [6.45, 7) is 1.89. The summed E-state index contributed by atoms with van der Waals surface area (Å²) in [6.07, 6.45) is 1.58. The van der Waals surface area contributed by atoms with Crippen LogP contribution in [0.1, 0.15) is 25.1 Å². The largest absolute Gasteiger partial charge is 0.481 e. The number of aryl methyl sites for hydroxylation is 1. The molecule has 0 aliphatic heterocycles. The number of nitro groups is 1. The van der Waals surface area contributed by atoms with E-state index in [1.807, 2.05) is 6.92 Å². The molecule has 0 aliphatic carbocycles. The van der Waals surface area contributed by atoms with Crippen molar-refractivity contribution in [3.05, 3.63) is 45.8 Å². The van der Waals surface area contributed by atoms with Gasteiger partial charge in [0.15, 0.2) is 24.0 Å². The first-order chi connectivity index (χ1) is 9.60. The van der Waals surface area contributed by atoms with Gasteiger partial charge in [-0.05, 0) is 12.5 Å². The number of nitro benzene ring substituents is 1. The lowest BCUT2D eigenvalue weighted by Gasteiger charge is -2.03. The van der Waals surface area contributed by atoms with Crippen LogP contribution in [-0.4, -0.2) is 15.1 Å². The molecule has 0 atom stereocenters. The van der Waals surface area contributed by atoms with Crippen molar-refractivity contribution in [2.75, 3.05) is 0 Å². The molecular formula is C12H12FN3O4. The molecular weight excluding hydrogens is 269 g/mol. The minimum atomic E-state index is -0.813. The molecule has 0 saturated carbocycles. The number of aromatic nitrogens is 2. The van der Waals surface area contributed by atoms with Gasteiger partial charge in [0.2, 0.25) is 0 Å². The first-order valence-corrected chi connectivity index (χ1v) is 5.98. The van der Waals surface area contributed by atoms with Gasteiger partial charge in [-0.2, -0.15) is 4.98 Å². The van der Waals surface area contributed by atoms with Crippen molar-refractivity contribution in [2.45, 2.75) is 26.4 Å². The fraction of sp³-hybridized carbons (Fsp3) is 0.333. The summed E-state index contributed by atoms with van der Waals surface area (Å²) in [7, 11) is 0. The molecule has 1 aromatic heterocycles. The predicted molar refractivity (Wildman–Crippen MR) is 65.7 cm³/mol. The second-order valence-electron chi connectivity index (χ2n) is 4.01. The standard InChI is InChI=1S/C12H12FN3O4/c1-2-3-11-14-12(20-15-11)7-19-10-5-4-8(16(17)18)6-9(10)13/h4-6H,2-3,7H2,1H3. The number of hydrogen-bond donors (Lipinski definition) is 0. The summed E-state index contributed by atoms with van der Waals surface area (Å²) in [5.41, 5.74) is -0.335. The van der Waals surface area contributed by atoms with Crippen molar-refractivity contribution in [1.29, 1.82) is 0 Å². The molecule has 1 heterocycles. The topological polar surface area (TPSA) is 91.3 Å². The van der Waals surface area contributed by atoms with Gasteiger partial charge in [-0.3, -0.25) is 10.1 Å². The Morgan fingerprint density at radius 3 is 2.95 bits per heavy atom. The van der Waals surface area contributed by atoms with Crippen LogP contribution >= 0.6 is 0 Å². The average molecular weight is 281 g/mol. The van der Waals surface area contributed by atoms with Crippen molar-refractivity contribution in [3.8, 4) is 5.75 Å². The highest BCUT2D eigenvalue weighted by Gasteiger charge is 2.13. The van der Waals surface area contributed by atoms with E-state index < -0.39 is 10.7 Å². The zero-order chi connectivity index (χ0) is 14.5. The van der Waals surface area contributed by atoms with Crippen molar-refractivity contribution in [2.24, 2.45) is 0 Å². The van der Waals surface area contributed by atoms with Crippen LogP contribution in [0, 0.1) is 15.9 Å². The zero-order valence-corrected chi connectivity index (χ0v) is 10.7. The minimum Gasteiger partial charge on any atom is -0.481 e. The second kappa shape index (κ2) is 6.09. The van der Waals surface area contributed by atoms with Gasteiger partial charge in [-0.1, -0.05) is 12.1 Å². The number of nitrogens with zero attached hydrogens (tertiary/aromatic N) is 3. The molecule has 0 spiro atoms. The van der Waals surface area contributed by atoms with Crippen molar-refractivity contribution in [3.63, 3.8) is 0 Å². The van der Waals surface area contributed by atoms with E-state index in [4.69, 9.17) is 9.26 Å². The maximum atomic E-state index is 13.5. The molecule has 20 heavy (non-hydrogen) atoms. The second-order valence-corrected chi connectivity index (χ2v) is 4.01. The molecule has 1 aromatic carbocycles. The smallest absolute Gasteiger partial charge is 0.272 e. The third-order valence-electron chi connectivity index (χ3n) is 2.46. The normalized spacial score (nSPS) is 10.5. The Balaban J connectivity index is 2.01. The van der Waals surface area contributed by atoms with Crippen LogP contribution in [0.5, 0.6) is 5.75 Å². The summed E-state index contributed by atoms with van der Waals surface area (Å²) in [4.78, 5) is 13.9. The molecule has 2 aromatic rings. The van der Waals surface area contributed by atoms with Gasteiger partial charge >= 0.3 is 0 Å². The van der Waals surface area contributed by atoms with Gasteiger partial charge in [-0.15, -0.1) is 0 Å². The Morgan fingerprint density at radius 1 is 1.50 bits per heavy atom. The summed E-state index contributed by atoms with van der Waals surface area (Å²) in [5.74, 6) is -0.125. The Kier molecular flexibility index (Phi) is 4.24. The maximum absolute atomic E-state index is 13.5. The average Bonchev–Trinajstić information content (AvgIpc) is 2.85. The summed E-state index contributed by atoms with van der Waals surface area (Å²) in [6, 6.07) is 3.15. The predicted octanol–water partition coefficient (Wildman–Crippen LogP) is 2.65. The van der Waals surface area contributed by atoms with Crippen LogP contribution < -0.4 is 4.74 Å².